The van der Waals surface area contributed by atoms with Crippen molar-refractivity contribution in [2.75, 3.05) is 0 Å². The van der Waals surface area contributed by atoms with Gasteiger partial charge in [0.1, 0.15) is 5.45 Å². The summed E-state index contributed by atoms with van der Waals surface area (Å²) in [6, 6.07) is 4.52. The first-order chi connectivity index (χ1) is 14.8. The molecule has 1 saturated carbocycles. The lowest BCUT2D eigenvalue weighted by Gasteiger charge is -2.64. The van der Waals surface area contributed by atoms with Crippen molar-refractivity contribution in [2.24, 2.45) is 27.8 Å². The number of carbonyl (C=O) groups is 1. The third kappa shape index (κ3) is 2.09. The van der Waals surface area contributed by atoms with Crippen LogP contribution in [0.4, 0.5) is 0 Å². The average molecular weight is 468 g/mol. The molecule has 1 aliphatic carbocycles. The summed E-state index contributed by atoms with van der Waals surface area (Å²) >= 11 is 0. The van der Waals surface area contributed by atoms with Crippen molar-refractivity contribution in [1.29, 1.82) is 0 Å². The van der Waals surface area contributed by atoms with E-state index in [1.165, 1.54) is 22.3 Å². The van der Waals surface area contributed by atoms with Gasteiger partial charge in [-0.1, -0.05) is 76.5 Å². The van der Waals surface area contributed by atoms with Crippen molar-refractivity contribution in [1.82, 2.24) is 0 Å². The minimum atomic E-state index is -0.850. The Morgan fingerprint density at radius 2 is 1.59 bits per heavy atom. The maximum Gasteiger partial charge on any atom is 0.185 e. The molecule has 5 heteroatoms. The number of ketones is 1. The van der Waals surface area contributed by atoms with Gasteiger partial charge in [-0.2, -0.15) is 0 Å². The molecule has 32 heavy (non-hydrogen) atoms. The van der Waals surface area contributed by atoms with E-state index in [1.807, 2.05) is 0 Å². The molecule has 3 nitrogen and oxygen atoms in total. The van der Waals surface area contributed by atoms with E-state index < -0.39 is 15.8 Å². The van der Waals surface area contributed by atoms with Crippen LogP contribution in [0.25, 0.3) is 0 Å². The number of aryl methyl sites for hydroxylation is 3. The number of hydrogen-bond acceptors (Lipinski definition) is 3. The van der Waals surface area contributed by atoms with Gasteiger partial charge < -0.3 is 4.84 Å². The van der Waals surface area contributed by atoms with Crippen LogP contribution in [-0.4, -0.2) is 32.8 Å². The molecule has 4 bridgehead atoms. The van der Waals surface area contributed by atoms with Gasteiger partial charge in [0.25, 0.3) is 0 Å². The number of benzene rings is 1. The SMILES string of the molecule is Cc1cc(C)c(C2=NO[C@@]3(C(C)(C)C)P2[C@@H]2C(=O)[C@H]4C=C[C@H]5[C@@H]2[C@@]5(C(C)(C)C)P43)c(C)c1. The van der Waals surface area contributed by atoms with Crippen LogP contribution in [0.1, 0.15) is 63.8 Å². The van der Waals surface area contributed by atoms with E-state index in [2.05, 4.69) is 86.6 Å². The van der Waals surface area contributed by atoms with E-state index in [0.717, 1.165) is 5.45 Å². The number of oxime groups is 1. The first-order valence-electron chi connectivity index (χ1n) is 12.0. The van der Waals surface area contributed by atoms with Crippen molar-refractivity contribution in [2.45, 2.75) is 83.9 Å². The highest BCUT2D eigenvalue weighted by Crippen LogP contribution is 3.00. The largest absolute Gasteiger partial charge is 0.379 e. The summed E-state index contributed by atoms with van der Waals surface area (Å²) in [7, 11) is -1.57. The van der Waals surface area contributed by atoms with Crippen molar-refractivity contribution in [3.8, 4) is 0 Å². The van der Waals surface area contributed by atoms with Crippen LogP contribution in [0.3, 0.4) is 0 Å². The fraction of sp³-hybridized carbons (Fsp3) is 0.630. The maximum absolute atomic E-state index is 14.0. The summed E-state index contributed by atoms with van der Waals surface area (Å²) in [5.74, 6) is 1.50. The van der Waals surface area contributed by atoms with Crippen LogP contribution in [0.15, 0.2) is 29.4 Å². The molecular formula is C27H35NO2P2. The number of nitrogens with zero attached hydrogens (tertiary/aromatic N) is 1. The lowest BCUT2D eigenvalue weighted by Crippen LogP contribution is -2.61. The number of Topliss-reactive ketones (excluding diaryl/α,β-unsaturated/α-hetero) is 1. The lowest BCUT2D eigenvalue weighted by molar-refractivity contribution is -0.119. The smallest absolute Gasteiger partial charge is 0.185 e. The first-order valence-corrected chi connectivity index (χ1v) is 14.8. The number of allylic oxidation sites excluding steroid dienone is 2. The minimum absolute atomic E-state index is 0.0389. The third-order valence-electron chi connectivity index (χ3n) is 8.89. The molecule has 7 rings (SSSR count). The molecule has 3 saturated heterocycles. The Hall–Kier alpha value is -1.04. The van der Waals surface area contributed by atoms with Crippen molar-refractivity contribution < 1.29 is 9.63 Å². The molecule has 1 aromatic rings. The van der Waals surface area contributed by atoms with E-state index in [9.17, 15) is 4.79 Å². The Labute approximate surface area is 195 Å². The van der Waals surface area contributed by atoms with Gasteiger partial charge >= 0.3 is 0 Å². The van der Waals surface area contributed by atoms with Crippen molar-refractivity contribution in [3.63, 3.8) is 0 Å². The molecule has 5 heterocycles. The zero-order valence-electron chi connectivity index (χ0n) is 20.8. The van der Waals surface area contributed by atoms with Gasteiger partial charge in [0.2, 0.25) is 0 Å². The molecule has 170 valence electrons. The summed E-state index contributed by atoms with van der Waals surface area (Å²) < 4.78 is 0. The van der Waals surface area contributed by atoms with E-state index >= 15 is 0 Å². The van der Waals surface area contributed by atoms with Crippen molar-refractivity contribution >= 4 is 27.1 Å². The number of carbonyl (C=O) groups excluding carboxylic acids is 1. The summed E-state index contributed by atoms with van der Waals surface area (Å²) in [4.78, 5) is 20.9. The van der Waals surface area contributed by atoms with Crippen LogP contribution in [0.5, 0.6) is 0 Å². The molecule has 4 fully saturated rings. The maximum atomic E-state index is 14.0. The van der Waals surface area contributed by atoms with Crippen LogP contribution in [0.2, 0.25) is 0 Å². The van der Waals surface area contributed by atoms with E-state index in [4.69, 9.17) is 9.99 Å². The van der Waals surface area contributed by atoms with Crippen LogP contribution in [0, 0.1) is 43.4 Å². The first kappa shape index (κ1) is 21.5. The molecule has 0 amide bonds. The molecule has 5 aliphatic heterocycles. The Morgan fingerprint density at radius 3 is 2.16 bits per heavy atom. The van der Waals surface area contributed by atoms with Crippen LogP contribution in [-0.2, 0) is 9.63 Å². The summed E-state index contributed by atoms with van der Waals surface area (Å²) in [5.41, 5.74) is 6.34. The Balaban J connectivity index is 1.62. The normalized spacial score (nSPS) is 43.2. The molecule has 0 spiro atoms. The third-order valence-corrected chi connectivity index (χ3v) is 17.9. The number of rotatable bonds is 1. The highest BCUT2D eigenvalue weighted by atomic mass is 31.2. The highest BCUT2D eigenvalue weighted by molar-refractivity contribution is 7.91. The van der Waals surface area contributed by atoms with Gasteiger partial charge in [-0.3, -0.25) is 4.79 Å². The van der Waals surface area contributed by atoms with Crippen molar-refractivity contribution in [3.05, 3.63) is 46.5 Å². The summed E-state index contributed by atoms with van der Waals surface area (Å²) in [6.07, 6.45) is 4.71. The molecule has 0 N–H and O–H groups in total. The monoisotopic (exact) mass is 467 g/mol. The molecule has 2 unspecified atom stereocenters. The fourth-order valence-corrected chi connectivity index (χ4v) is 19.1. The second-order valence-corrected chi connectivity index (χ2v) is 18.1. The van der Waals surface area contributed by atoms with Crippen LogP contribution < -0.4 is 0 Å². The molecule has 0 aromatic heterocycles. The van der Waals surface area contributed by atoms with Gasteiger partial charge in [-0.15, -0.1) is 0 Å². The summed E-state index contributed by atoms with van der Waals surface area (Å²) in [5, 5.41) is 4.83. The fourth-order valence-electron chi connectivity index (χ4n) is 8.03. The van der Waals surface area contributed by atoms with Gasteiger partial charge in [0.15, 0.2) is 10.9 Å². The molecule has 1 aromatic carbocycles. The molecule has 8 atom stereocenters. The van der Waals surface area contributed by atoms with Gasteiger partial charge in [0, 0.05) is 24.1 Å². The zero-order chi connectivity index (χ0) is 23.2. The van der Waals surface area contributed by atoms with Crippen LogP contribution >= 0.6 is 15.8 Å². The van der Waals surface area contributed by atoms with E-state index in [-0.39, 0.29) is 32.4 Å². The predicted molar refractivity (Wildman–Crippen MR) is 135 cm³/mol. The van der Waals surface area contributed by atoms with Gasteiger partial charge in [-0.25, -0.2) is 0 Å². The van der Waals surface area contributed by atoms with E-state index in [1.54, 1.807) is 0 Å². The van der Waals surface area contributed by atoms with Gasteiger partial charge in [-0.05, 0) is 57.1 Å². The standard InChI is InChI=1S/C27H35NO2P2/c1-14-12-15(2)19(16(3)13-14)23-28-30-27(25(7,8)9)31(23)22-20-17-10-11-18(21(22)29)32(27)26(17,20)24(4,5)6/h10-13,17-18,20,22H,1-9H3/t17-,18+,20-,22-,26-,27-,31?,32?/m0/s1. The van der Waals surface area contributed by atoms with E-state index in [0.29, 0.717) is 17.6 Å². The Bertz CT molecular complexity index is 1120. The summed E-state index contributed by atoms with van der Waals surface area (Å²) in [6.45, 7) is 20.8. The minimum Gasteiger partial charge on any atom is -0.379 e. The molecular weight excluding hydrogens is 432 g/mol. The highest BCUT2D eigenvalue weighted by Gasteiger charge is 2.91. The second-order valence-electron chi connectivity index (χ2n) is 12.7. The quantitative estimate of drug-likeness (QED) is 0.333. The second kappa shape index (κ2) is 5.95. The topological polar surface area (TPSA) is 38.7 Å². The lowest BCUT2D eigenvalue weighted by atomic mass is 9.85. The van der Waals surface area contributed by atoms with Gasteiger partial charge in [0.05, 0.1) is 11.3 Å². The predicted octanol–water partition coefficient (Wildman–Crippen LogP) is 6.90. The Morgan fingerprint density at radius 1 is 0.969 bits per heavy atom. The number of hydrogen-bond donors (Lipinski definition) is 0. The Kier molecular flexibility index (Phi) is 4.00. The average Bonchev–Trinajstić information content (AvgIpc) is 3.23. The zero-order valence-corrected chi connectivity index (χ0v) is 22.6. The molecule has 0 radical (unpaired) electrons. The molecule has 6 aliphatic rings.